The van der Waals surface area contributed by atoms with Gasteiger partial charge in [-0.3, -0.25) is 0 Å². The van der Waals surface area contributed by atoms with Crippen LogP contribution in [0.3, 0.4) is 0 Å². The highest BCUT2D eigenvalue weighted by Crippen LogP contribution is 2.30. The van der Waals surface area contributed by atoms with Gasteiger partial charge in [-0.2, -0.15) is 0 Å². The van der Waals surface area contributed by atoms with Crippen molar-refractivity contribution in [1.82, 2.24) is 5.32 Å². The normalized spacial score (nSPS) is 12.2. The quantitative estimate of drug-likeness (QED) is 0.715. The largest absolute Gasteiger partial charge is 0.490 e. The van der Waals surface area contributed by atoms with Crippen LogP contribution in [0.25, 0.3) is 0 Å². The number of rotatable bonds is 10. The fraction of sp³-hybridized carbons (Fsp3) is 0.625. The molecule has 1 N–H and O–H groups in total. The second-order valence-corrected chi connectivity index (χ2v) is 4.34. The lowest BCUT2D eigenvalue weighted by atomic mass is 10.1. The maximum absolute atomic E-state index is 5.67. The molecule has 0 heterocycles. The first kappa shape index (κ1) is 16.8. The molecule has 0 saturated heterocycles. The lowest BCUT2D eigenvalue weighted by Crippen LogP contribution is -2.25. The third kappa shape index (κ3) is 5.02. The molecule has 0 aliphatic rings. The third-order valence-electron chi connectivity index (χ3n) is 2.91. The third-order valence-corrected chi connectivity index (χ3v) is 2.91. The minimum absolute atomic E-state index is 0.176. The highest BCUT2D eigenvalue weighted by atomic mass is 16.5. The summed E-state index contributed by atoms with van der Waals surface area (Å²) in [6.07, 6.45) is 0. The summed E-state index contributed by atoms with van der Waals surface area (Å²) < 4.78 is 16.8. The van der Waals surface area contributed by atoms with Crippen molar-refractivity contribution in [3.8, 4) is 11.5 Å². The average Bonchev–Trinajstić information content (AvgIpc) is 2.46. The van der Waals surface area contributed by atoms with Crippen LogP contribution in [0.1, 0.15) is 39.3 Å². The van der Waals surface area contributed by atoms with Crippen LogP contribution >= 0.6 is 0 Å². The van der Waals surface area contributed by atoms with E-state index in [9.17, 15) is 0 Å². The summed E-state index contributed by atoms with van der Waals surface area (Å²) in [7, 11) is 0. The Balaban J connectivity index is 2.93. The SMILES string of the molecule is CCNC(COCC)c1ccc(OCC)c(OCC)c1. The van der Waals surface area contributed by atoms with E-state index < -0.39 is 0 Å². The van der Waals surface area contributed by atoms with E-state index in [1.807, 2.05) is 32.9 Å². The number of hydrogen-bond acceptors (Lipinski definition) is 4. The molecule has 0 saturated carbocycles. The lowest BCUT2D eigenvalue weighted by molar-refractivity contribution is 0.123. The van der Waals surface area contributed by atoms with Crippen LogP contribution in [0.2, 0.25) is 0 Å². The summed E-state index contributed by atoms with van der Waals surface area (Å²) in [6.45, 7) is 11.6. The van der Waals surface area contributed by atoms with Gasteiger partial charge in [0, 0.05) is 6.61 Å². The second kappa shape index (κ2) is 9.61. The van der Waals surface area contributed by atoms with Gasteiger partial charge < -0.3 is 19.5 Å². The van der Waals surface area contributed by atoms with Crippen molar-refractivity contribution in [2.24, 2.45) is 0 Å². The molecular formula is C16H27NO3. The van der Waals surface area contributed by atoms with Crippen molar-refractivity contribution < 1.29 is 14.2 Å². The van der Waals surface area contributed by atoms with Gasteiger partial charge in [0.05, 0.1) is 25.9 Å². The highest BCUT2D eigenvalue weighted by molar-refractivity contribution is 5.44. The van der Waals surface area contributed by atoms with Crippen LogP contribution in [0.4, 0.5) is 0 Å². The number of hydrogen-bond donors (Lipinski definition) is 1. The first-order chi connectivity index (χ1) is 9.76. The number of likely N-dealkylation sites (N-methyl/N-ethyl adjacent to an activating group) is 1. The Hall–Kier alpha value is -1.26. The van der Waals surface area contributed by atoms with Gasteiger partial charge in [-0.25, -0.2) is 0 Å². The summed E-state index contributed by atoms with van der Waals surface area (Å²) in [5.74, 6) is 1.59. The molecule has 0 radical (unpaired) electrons. The molecule has 4 nitrogen and oxygen atoms in total. The van der Waals surface area contributed by atoms with Crippen molar-refractivity contribution in [3.63, 3.8) is 0 Å². The summed E-state index contributed by atoms with van der Waals surface area (Å²) in [6, 6.07) is 6.26. The van der Waals surface area contributed by atoms with Gasteiger partial charge >= 0.3 is 0 Å². The summed E-state index contributed by atoms with van der Waals surface area (Å²) in [5, 5.41) is 3.43. The van der Waals surface area contributed by atoms with Crippen LogP contribution in [0.15, 0.2) is 18.2 Å². The van der Waals surface area contributed by atoms with E-state index in [4.69, 9.17) is 14.2 Å². The standard InChI is InChI=1S/C16H27NO3/c1-5-17-14(12-18-6-2)13-9-10-15(19-7-3)16(11-13)20-8-4/h9-11,14,17H,5-8,12H2,1-4H3. The second-order valence-electron chi connectivity index (χ2n) is 4.34. The Kier molecular flexibility index (Phi) is 8.07. The molecular weight excluding hydrogens is 254 g/mol. The van der Waals surface area contributed by atoms with Crippen molar-refractivity contribution >= 4 is 0 Å². The molecule has 1 unspecified atom stereocenters. The average molecular weight is 281 g/mol. The van der Waals surface area contributed by atoms with Gasteiger partial charge in [-0.15, -0.1) is 0 Å². The molecule has 1 atom stereocenters. The molecule has 1 rings (SSSR count). The van der Waals surface area contributed by atoms with E-state index in [0.29, 0.717) is 19.8 Å². The van der Waals surface area contributed by atoms with Crippen molar-refractivity contribution in [1.29, 1.82) is 0 Å². The Labute approximate surface area is 122 Å². The molecule has 0 amide bonds. The van der Waals surface area contributed by atoms with E-state index in [0.717, 1.165) is 30.2 Å². The summed E-state index contributed by atoms with van der Waals surface area (Å²) in [4.78, 5) is 0. The zero-order valence-electron chi connectivity index (χ0n) is 13.1. The van der Waals surface area contributed by atoms with Gasteiger partial charge in [0.25, 0.3) is 0 Å². The van der Waals surface area contributed by atoms with Gasteiger partial charge in [0.15, 0.2) is 11.5 Å². The number of benzene rings is 1. The molecule has 0 spiro atoms. The molecule has 0 aliphatic heterocycles. The fourth-order valence-electron chi connectivity index (χ4n) is 2.04. The Morgan fingerprint density at radius 3 is 2.25 bits per heavy atom. The number of nitrogens with one attached hydrogen (secondary N) is 1. The van der Waals surface area contributed by atoms with Crippen molar-refractivity contribution in [3.05, 3.63) is 23.8 Å². The Morgan fingerprint density at radius 2 is 1.65 bits per heavy atom. The topological polar surface area (TPSA) is 39.7 Å². The Morgan fingerprint density at radius 1 is 0.950 bits per heavy atom. The predicted octanol–water partition coefficient (Wildman–Crippen LogP) is 3.17. The lowest BCUT2D eigenvalue weighted by Gasteiger charge is -2.20. The first-order valence-corrected chi connectivity index (χ1v) is 7.47. The predicted molar refractivity (Wildman–Crippen MR) is 81.7 cm³/mol. The first-order valence-electron chi connectivity index (χ1n) is 7.47. The molecule has 0 bridgehead atoms. The molecule has 0 fully saturated rings. The van der Waals surface area contributed by atoms with Crippen LogP contribution in [-0.2, 0) is 4.74 Å². The minimum Gasteiger partial charge on any atom is -0.490 e. The molecule has 114 valence electrons. The molecule has 1 aromatic rings. The maximum Gasteiger partial charge on any atom is 0.161 e. The van der Waals surface area contributed by atoms with E-state index in [2.05, 4.69) is 18.3 Å². The van der Waals surface area contributed by atoms with E-state index >= 15 is 0 Å². The van der Waals surface area contributed by atoms with E-state index in [1.165, 1.54) is 0 Å². The Bertz CT molecular complexity index is 382. The molecule has 4 heteroatoms. The van der Waals surface area contributed by atoms with Crippen LogP contribution in [0.5, 0.6) is 11.5 Å². The maximum atomic E-state index is 5.67. The van der Waals surface area contributed by atoms with Crippen molar-refractivity contribution in [2.75, 3.05) is 33.0 Å². The van der Waals surface area contributed by atoms with Gasteiger partial charge in [0.1, 0.15) is 0 Å². The van der Waals surface area contributed by atoms with Crippen LogP contribution in [0, 0.1) is 0 Å². The monoisotopic (exact) mass is 281 g/mol. The fourth-order valence-corrected chi connectivity index (χ4v) is 2.04. The van der Waals surface area contributed by atoms with E-state index in [1.54, 1.807) is 0 Å². The molecule has 0 aromatic heterocycles. The van der Waals surface area contributed by atoms with Gasteiger partial charge in [-0.1, -0.05) is 13.0 Å². The minimum atomic E-state index is 0.176. The smallest absolute Gasteiger partial charge is 0.161 e. The highest BCUT2D eigenvalue weighted by Gasteiger charge is 2.14. The van der Waals surface area contributed by atoms with Crippen LogP contribution in [-0.4, -0.2) is 33.0 Å². The molecule has 1 aromatic carbocycles. The molecule has 20 heavy (non-hydrogen) atoms. The van der Waals surface area contributed by atoms with Gasteiger partial charge in [-0.05, 0) is 45.0 Å². The van der Waals surface area contributed by atoms with Crippen LogP contribution < -0.4 is 14.8 Å². The van der Waals surface area contributed by atoms with E-state index in [-0.39, 0.29) is 6.04 Å². The van der Waals surface area contributed by atoms with Crippen molar-refractivity contribution in [2.45, 2.75) is 33.7 Å². The number of ether oxygens (including phenoxy) is 3. The zero-order valence-corrected chi connectivity index (χ0v) is 13.1. The summed E-state index contributed by atoms with van der Waals surface area (Å²) >= 11 is 0. The summed E-state index contributed by atoms with van der Waals surface area (Å²) in [5.41, 5.74) is 1.16. The zero-order chi connectivity index (χ0) is 14.8. The molecule has 0 aliphatic carbocycles. The van der Waals surface area contributed by atoms with Gasteiger partial charge in [0.2, 0.25) is 0 Å².